The number of benzene rings is 4. The summed E-state index contributed by atoms with van der Waals surface area (Å²) in [5, 5.41) is 17.9. The maximum atomic E-state index is 14.4. The van der Waals surface area contributed by atoms with Crippen molar-refractivity contribution in [2.24, 2.45) is 0 Å². The molecule has 3 amide bonds. The van der Waals surface area contributed by atoms with E-state index in [-0.39, 0.29) is 19.6 Å². The first kappa shape index (κ1) is 32.2. The van der Waals surface area contributed by atoms with Gasteiger partial charge in [0.15, 0.2) is 0 Å². The Balaban J connectivity index is 1.75. The summed E-state index contributed by atoms with van der Waals surface area (Å²) in [7, 11) is 0. The van der Waals surface area contributed by atoms with Crippen LogP contribution in [0.25, 0.3) is 10.8 Å². The van der Waals surface area contributed by atoms with Crippen molar-refractivity contribution in [3.63, 3.8) is 0 Å². The number of hydrogen-bond donors (Lipinski definition) is 3. The highest BCUT2D eigenvalue weighted by atomic mass is 16.6. The fourth-order valence-corrected chi connectivity index (χ4v) is 5.17. The number of aryl methyl sites for hydroxylation is 1. The van der Waals surface area contributed by atoms with E-state index in [1.807, 2.05) is 105 Å². The Kier molecular flexibility index (Phi) is 10.4. The minimum atomic E-state index is -1.10. The first-order chi connectivity index (χ1) is 21.0. The molecule has 230 valence electrons. The van der Waals surface area contributed by atoms with Crippen molar-refractivity contribution >= 4 is 34.4 Å². The van der Waals surface area contributed by atoms with Crippen LogP contribution in [-0.2, 0) is 20.7 Å². The van der Waals surface area contributed by atoms with E-state index in [9.17, 15) is 19.5 Å². The number of carbonyl (C=O) groups excluding carboxylic acids is 3. The minimum Gasteiger partial charge on any atom is -0.444 e. The third-order valence-corrected chi connectivity index (χ3v) is 7.41. The average Bonchev–Trinajstić information content (AvgIpc) is 2.98. The largest absolute Gasteiger partial charge is 0.444 e. The summed E-state index contributed by atoms with van der Waals surface area (Å²) >= 11 is 0. The number of nitrogens with zero attached hydrogens (tertiary/aromatic N) is 1. The molecular formula is C36H41N3O5. The van der Waals surface area contributed by atoms with Crippen LogP contribution in [0.5, 0.6) is 0 Å². The van der Waals surface area contributed by atoms with Gasteiger partial charge in [-0.15, -0.1) is 0 Å². The van der Waals surface area contributed by atoms with Crippen molar-refractivity contribution in [2.45, 2.75) is 58.7 Å². The second kappa shape index (κ2) is 14.2. The number of anilines is 1. The number of fused-ring (bicyclic) bond motifs is 1. The van der Waals surface area contributed by atoms with Crippen LogP contribution >= 0.6 is 0 Å². The van der Waals surface area contributed by atoms with Crippen LogP contribution in [0.1, 0.15) is 49.1 Å². The number of hydrogen-bond acceptors (Lipinski definition) is 5. The topological polar surface area (TPSA) is 108 Å². The summed E-state index contributed by atoms with van der Waals surface area (Å²) in [5.41, 5.74) is 3.04. The molecule has 0 aliphatic carbocycles. The van der Waals surface area contributed by atoms with Gasteiger partial charge >= 0.3 is 6.09 Å². The van der Waals surface area contributed by atoms with Crippen LogP contribution in [0.15, 0.2) is 91.0 Å². The summed E-state index contributed by atoms with van der Waals surface area (Å²) in [6.07, 6.45) is -0.591. The number of aliphatic hydroxyl groups excluding tert-OH is 1. The van der Waals surface area contributed by atoms with Crippen molar-refractivity contribution in [1.29, 1.82) is 0 Å². The number of nitrogens with one attached hydrogen (secondary N) is 2. The number of ether oxygens (including phenoxy) is 1. The molecule has 0 saturated heterocycles. The molecule has 0 saturated carbocycles. The summed E-state index contributed by atoms with van der Waals surface area (Å²) < 4.78 is 5.49. The lowest BCUT2D eigenvalue weighted by Gasteiger charge is -2.35. The van der Waals surface area contributed by atoms with E-state index in [4.69, 9.17) is 4.74 Å². The van der Waals surface area contributed by atoms with E-state index >= 15 is 0 Å². The highest BCUT2D eigenvalue weighted by Gasteiger charge is 2.37. The zero-order valence-corrected chi connectivity index (χ0v) is 26.0. The molecule has 0 aromatic heterocycles. The smallest absolute Gasteiger partial charge is 0.408 e. The normalized spacial score (nSPS) is 12.7. The molecule has 4 rings (SSSR count). The molecule has 0 bridgehead atoms. The predicted molar refractivity (Wildman–Crippen MR) is 173 cm³/mol. The first-order valence-electron chi connectivity index (χ1n) is 14.8. The molecule has 0 aliphatic heterocycles. The number of aliphatic hydroxyl groups is 1. The van der Waals surface area contributed by atoms with Crippen LogP contribution in [0.3, 0.4) is 0 Å². The van der Waals surface area contributed by atoms with Crippen molar-refractivity contribution < 1.29 is 24.2 Å². The van der Waals surface area contributed by atoms with Gasteiger partial charge in [0.1, 0.15) is 17.7 Å². The van der Waals surface area contributed by atoms with Gasteiger partial charge in [-0.2, -0.15) is 0 Å². The Hall–Kier alpha value is -4.69. The Labute approximate surface area is 259 Å². The zero-order valence-electron chi connectivity index (χ0n) is 26.0. The summed E-state index contributed by atoms with van der Waals surface area (Å²) in [5.74, 6) is -0.958. The van der Waals surface area contributed by atoms with Crippen LogP contribution in [0.2, 0.25) is 0 Å². The molecule has 4 aromatic rings. The van der Waals surface area contributed by atoms with E-state index < -0.39 is 35.6 Å². The van der Waals surface area contributed by atoms with Gasteiger partial charge in [0.25, 0.3) is 5.91 Å². The number of alkyl carbamates (subject to hydrolysis) is 1. The predicted octanol–water partition coefficient (Wildman–Crippen LogP) is 6.09. The van der Waals surface area contributed by atoms with Gasteiger partial charge in [-0.1, -0.05) is 78.9 Å². The van der Waals surface area contributed by atoms with Crippen LogP contribution in [-0.4, -0.2) is 52.7 Å². The van der Waals surface area contributed by atoms with Crippen LogP contribution in [0, 0.1) is 13.8 Å². The fourth-order valence-electron chi connectivity index (χ4n) is 5.17. The van der Waals surface area contributed by atoms with E-state index in [1.54, 1.807) is 20.8 Å². The van der Waals surface area contributed by atoms with Gasteiger partial charge in [0, 0.05) is 18.7 Å². The van der Waals surface area contributed by atoms with Crippen LogP contribution < -0.4 is 10.6 Å². The second-order valence-electron chi connectivity index (χ2n) is 11.9. The average molecular weight is 596 g/mol. The van der Waals surface area contributed by atoms with Crippen molar-refractivity contribution in [1.82, 2.24) is 10.2 Å². The van der Waals surface area contributed by atoms with E-state index in [2.05, 4.69) is 10.6 Å². The van der Waals surface area contributed by atoms with Crippen molar-refractivity contribution in [3.05, 3.63) is 113 Å². The van der Waals surface area contributed by atoms with Gasteiger partial charge in [-0.3, -0.25) is 9.59 Å². The van der Waals surface area contributed by atoms with Gasteiger partial charge in [0.2, 0.25) is 5.91 Å². The maximum absolute atomic E-state index is 14.4. The maximum Gasteiger partial charge on any atom is 0.408 e. The Morgan fingerprint density at radius 1 is 0.864 bits per heavy atom. The van der Waals surface area contributed by atoms with E-state index in [0.29, 0.717) is 11.3 Å². The highest BCUT2D eigenvalue weighted by molar-refractivity contribution is 6.00. The Morgan fingerprint density at radius 2 is 1.55 bits per heavy atom. The third-order valence-electron chi connectivity index (χ3n) is 7.41. The minimum absolute atomic E-state index is 0.136. The fraction of sp³-hybridized carbons (Fsp3) is 0.306. The molecule has 0 heterocycles. The van der Waals surface area contributed by atoms with Gasteiger partial charge in [-0.05, 0) is 79.8 Å². The van der Waals surface area contributed by atoms with Gasteiger partial charge < -0.3 is 25.4 Å². The monoisotopic (exact) mass is 595 g/mol. The van der Waals surface area contributed by atoms with E-state index in [1.165, 1.54) is 4.90 Å². The first-order valence-corrected chi connectivity index (χ1v) is 14.8. The lowest BCUT2D eigenvalue weighted by atomic mass is 9.94. The lowest BCUT2D eigenvalue weighted by molar-refractivity contribution is -0.141. The number of amides is 3. The molecule has 44 heavy (non-hydrogen) atoms. The van der Waals surface area contributed by atoms with Crippen molar-refractivity contribution in [3.8, 4) is 0 Å². The van der Waals surface area contributed by atoms with Gasteiger partial charge in [0.05, 0.1) is 6.61 Å². The Morgan fingerprint density at radius 3 is 2.23 bits per heavy atom. The molecule has 4 aromatic carbocycles. The Bertz CT molecular complexity index is 1610. The molecular weight excluding hydrogens is 554 g/mol. The molecule has 2 atom stereocenters. The summed E-state index contributed by atoms with van der Waals surface area (Å²) in [6, 6.07) is 26.2. The van der Waals surface area contributed by atoms with Gasteiger partial charge in [-0.25, -0.2) is 4.79 Å². The molecule has 0 spiro atoms. The zero-order chi connectivity index (χ0) is 31.9. The summed E-state index contributed by atoms with van der Waals surface area (Å²) in [4.78, 5) is 43.0. The molecule has 2 unspecified atom stereocenters. The summed E-state index contributed by atoms with van der Waals surface area (Å²) in [6.45, 7) is 8.55. The third kappa shape index (κ3) is 8.23. The quantitative estimate of drug-likeness (QED) is 0.206. The SMILES string of the molecule is Cc1cccc(C(C(=O)Nc2ccc3ccccc3c2)N(CCO)C(=O)C(Cc2ccccc2)NC(=O)OC(C)(C)C)c1C. The molecule has 8 nitrogen and oxygen atoms in total. The number of rotatable bonds is 10. The molecule has 0 aliphatic rings. The molecule has 8 heteroatoms. The standard InChI is InChI=1S/C36H41N3O5/c1-24-12-11-17-30(25(24)2)32(33(41)37-29-19-18-27-15-9-10-16-28(27)23-29)39(20-21-40)34(42)31(22-26-13-7-6-8-14-26)38-35(43)44-36(3,4)5/h6-19,23,31-32,40H,20-22H2,1-5H3,(H,37,41)(H,38,43). The molecule has 0 fully saturated rings. The molecule has 0 radical (unpaired) electrons. The second-order valence-corrected chi connectivity index (χ2v) is 11.9. The van der Waals surface area contributed by atoms with Crippen molar-refractivity contribution in [2.75, 3.05) is 18.5 Å². The molecule has 3 N–H and O–H groups in total. The van der Waals surface area contributed by atoms with Crippen LogP contribution in [0.4, 0.5) is 10.5 Å². The number of carbonyl (C=O) groups is 3. The van der Waals surface area contributed by atoms with E-state index in [0.717, 1.165) is 27.5 Å². The lowest BCUT2D eigenvalue weighted by Crippen LogP contribution is -2.54. The highest BCUT2D eigenvalue weighted by Crippen LogP contribution is 2.29.